The molecule has 1 aliphatic heterocycles. The maximum absolute atomic E-state index is 9.79. The second kappa shape index (κ2) is 5.47. The molecule has 4 heterocycles. The fourth-order valence-corrected chi connectivity index (χ4v) is 3.89. The second-order valence-electron chi connectivity index (χ2n) is 6.44. The first-order valence-corrected chi connectivity index (χ1v) is 8.65. The summed E-state index contributed by atoms with van der Waals surface area (Å²) in [5.74, 6) is 0.885. The molecule has 2 N–H and O–H groups in total. The summed E-state index contributed by atoms with van der Waals surface area (Å²) < 4.78 is 2.03. The van der Waals surface area contributed by atoms with Crippen molar-refractivity contribution in [1.82, 2.24) is 14.5 Å². The van der Waals surface area contributed by atoms with Crippen LogP contribution >= 0.6 is 11.6 Å². The van der Waals surface area contributed by atoms with Crippen LogP contribution in [0.2, 0.25) is 5.02 Å². The van der Waals surface area contributed by atoms with Gasteiger partial charge in [0.05, 0.1) is 11.1 Å². The van der Waals surface area contributed by atoms with Crippen LogP contribution in [0.3, 0.4) is 0 Å². The number of anilines is 1. The van der Waals surface area contributed by atoms with E-state index in [0.29, 0.717) is 5.02 Å². The lowest BCUT2D eigenvalue weighted by molar-refractivity contribution is 0.475. The Labute approximate surface area is 154 Å². The normalized spacial score (nSPS) is 15.4. The van der Waals surface area contributed by atoms with Gasteiger partial charge in [-0.3, -0.25) is 0 Å². The lowest BCUT2D eigenvalue weighted by Crippen LogP contribution is -2.12. The minimum Gasteiger partial charge on any atom is -0.506 e. The van der Waals surface area contributed by atoms with E-state index in [4.69, 9.17) is 11.6 Å². The number of benzene rings is 1. The maximum Gasteiger partial charge on any atom is 0.140 e. The molecular weight excluding hydrogens is 348 g/mol. The van der Waals surface area contributed by atoms with E-state index in [9.17, 15) is 5.11 Å². The monoisotopic (exact) mass is 362 g/mol. The predicted molar refractivity (Wildman–Crippen MR) is 103 cm³/mol. The zero-order valence-electron chi connectivity index (χ0n) is 13.9. The standard InChI is InChI=1S/C20H15ClN4O/c1-25-10-14-17-12(6-8-23-20(17)25)13-3-2-7-22-19(13)24-18(14)11-4-5-16(26)15(21)9-11/h2-10,18,26H,1H3,(H,22,24). The molecule has 5 nitrogen and oxygen atoms in total. The molecule has 0 aliphatic carbocycles. The fourth-order valence-electron chi connectivity index (χ4n) is 3.70. The van der Waals surface area contributed by atoms with Crippen LogP contribution < -0.4 is 5.32 Å². The Balaban J connectivity index is 1.85. The predicted octanol–water partition coefficient (Wildman–Crippen LogP) is 4.51. The summed E-state index contributed by atoms with van der Waals surface area (Å²) in [7, 11) is 2.00. The number of nitrogens with one attached hydrogen (secondary N) is 1. The topological polar surface area (TPSA) is 63.0 Å². The zero-order valence-corrected chi connectivity index (χ0v) is 14.7. The van der Waals surface area contributed by atoms with Crippen molar-refractivity contribution in [3.05, 3.63) is 71.1 Å². The van der Waals surface area contributed by atoms with Crippen molar-refractivity contribution >= 4 is 28.5 Å². The molecule has 6 heteroatoms. The van der Waals surface area contributed by atoms with Crippen LogP contribution in [0.5, 0.6) is 5.75 Å². The van der Waals surface area contributed by atoms with Gasteiger partial charge < -0.3 is 15.0 Å². The van der Waals surface area contributed by atoms with Crippen LogP contribution in [0.1, 0.15) is 17.2 Å². The first-order valence-electron chi connectivity index (χ1n) is 8.28. The van der Waals surface area contributed by atoms with Crippen molar-refractivity contribution in [2.24, 2.45) is 7.05 Å². The number of hydrogen-bond donors (Lipinski definition) is 2. The van der Waals surface area contributed by atoms with Gasteiger partial charge in [-0.2, -0.15) is 0 Å². The third-order valence-electron chi connectivity index (χ3n) is 4.88. The number of fused-ring (bicyclic) bond motifs is 2. The minimum absolute atomic E-state index is 0.0721. The van der Waals surface area contributed by atoms with Crippen LogP contribution in [-0.4, -0.2) is 19.6 Å². The molecule has 1 aliphatic rings. The Morgan fingerprint density at radius 3 is 2.85 bits per heavy atom. The zero-order chi connectivity index (χ0) is 17.8. The van der Waals surface area contributed by atoms with E-state index < -0.39 is 0 Å². The van der Waals surface area contributed by atoms with Gasteiger partial charge in [-0.15, -0.1) is 0 Å². The highest BCUT2D eigenvalue weighted by Gasteiger charge is 2.27. The summed E-state index contributed by atoms with van der Waals surface area (Å²) in [6.07, 6.45) is 5.70. The molecule has 0 spiro atoms. The average molecular weight is 363 g/mol. The Hall–Kier alpha value is -3.05. The highest BCUT2D eigenvalue weighted by atomic mass is 35.5. The first kappa shape index (κ1) is 15.2. The van der Waals surface area contributed by atoms with E-state index >= 15 is 0 Å². The molecule has 3 aromatic heterocycles. The quantitative estimate of drug-likeness (QED) is 0.523. The molecule has 1 atom stereocenters. The Kier molecular flexibility index (Phi) is 3.21. The SMILES string of the molecule is Cn1cc2c3c(ccnc31)-c1cccnc1NC2c1ccc(O)c(Cl)c1. The number of halogens is 1. The molecule has 0 saturated heterocycles. The van der Waals surface area contributed by atoms with Crippen molar-refractivity contribution in [2.75, 3.05) is 5.32 Å². The Morgan fingerprint density at radius 1 is 1.12 bits per heavy atom. The third kappa shape index (κ3) is 2.10. The van der Waals surface area contributed by atoms with E-state index in [1.54, 1.807) is 18.3 Å². The van der Waals surface area contributed by atoms with Gasteiger partial charge in [-0.05, 0) is 41.5 Å². The smallest absolute Gasteiger partial charge is 0.140 e. The molecule has 0 radical (unpaired) electrons. The van der Waals surface area contributed by atoms with Gasteiger partial charge in [0, 0.05) is 42.2 Å². The van der Waals surface area contributed by atoms with Crippen LogP contribution in [-0.2, 0) is 7.05 Å². The summed E-state index contributed by atoms with van der Waals surface area (Å²) in [6, 6.07) is 11.2. The van der Waals surface area contributed by atoms with E-state index in [0.717, 1.165) is 39.1 Å². The van der Waals surface area contributed by atoms with Gasteiger partial charge in [-0.25, -0.2) is 9.97 Å². The number of phenolic OH excluding ortho intramolecular Hbond substituents is 1. The molecule has 0 bridgehead atoms. The number of nitrogens with zero attached hydrogens (tertiary/aromatic N) is 3. The number of aromatic hydroxyl groups is 1. The van der Waals surface area contributed by atoms with Crippen molar-refractivity contribution in [2.45, 2.75) is 6.04 Å². The van der Waals surface area contributed by atoms with E-state index in [2.05, 4.69) is 27.5 Å². The molecule has 1 aromatic carbocycles. The van der Waals surface area contributed by atoms with Crippen LogP contribution in [0.25, 0.3) is 22.2 Å². The Morgan fingerprint density at radius 2 is 2.00 bits per heavy atom. The minimum atomic E-state index is -0.157. The van der Waals surface area contributed by atoms with Crippen molar-refractivity contribution < 1.29 is 5.11 Å². The highest BCUT2D eigenvalue weighted by molar-refractivity contribution is 6.32. The number of rotatable bonds is 1. The van der Waals surface area contributed by atoms with Gasteiger partial charge in [0.2, 0.25) is 0 Å². The van der Waals surface area contributed by atoms with E-state index in [1.807, 2.05) is 36.0 Å². The molecule has 26 heavy (non-hydrogen) atoms. The van der Waals surface area contributed by atoms with Gasteiger partial charge in [-0.1, -0.05) is 17.7 Å². The molecule has 0 saturated carbocycles. The summed E-state index contributed by atoms with van der Waals surface area (Å²) >= 11 is 6.17. The third-order valence-corrected chi connectivity index (χ3v) is 5.18. The fraction of sp³-hybridized carbons (Fsp3) is 0.100. The second-order valence-corrected chi connectivity index (χ2v) is 6.85. The average Bonchev–Trinajstić information content (AvgIpc) is 2.91. The molecule has 1 unspecified atom stereocenters. The maximum atomic E-state index is 9.79. The van der Waals surface area contributed by atoms with Gasteiger partial charge in [0.1, 0.15) is 17.2 Å². The number of hydrogen-bond acceptors (Lipinski definition) is 4. The largest absolute Gasteiger partial charge is 0.506 e. The van der Waals surface area contributed by atoms with Crippen LogP contribution in [0.15, 0.2) is 55.0 Å². The number of phenols is 1. The van der Waals surface area contributed by atoms with Crippen molar-refractivity contribution in [3.8, 4) is 16.9 Å². The molecule has 5 rings (SSSR count). The lowest BCUT2D eigenvalue weighted by atomic mass is 9.97. The first-order chi connectivity index (χ1) is 12.6. The number of aromatic nitrogens is 3. The van der Waals surface area contributed by atoms with Crippen LogP contribution in [0.4, 0.5) is 5.82 Å². The molecule has 4 aromatic rings. The van der Waals surface area contributed by atoms with Crippen molar-refractivity contribution in [3.63, 3.8) is 0 Å². The lowest BCUT2D eigenvalue weighted by Gasteiger charge is -2.19. The van der Waals surface area contributed by atoms with Gasteiger partial charge >= 0.3 is 0 Å². The molecule has 128 valence electrons. The number of pyridine rings is 2. The summed E-state index contributed by atoms with van der Waals surface area (Å²) in [5, 5.41) is 14.8. The van der Waals surface area contributed by atoms with Crippen molar-refractivity contribution in [1.29, 1.82) is 0 Å². The summed E-state index contributed by atoms with van der Waals surface area (Å²) in [6.45, 7) is 0. The Bertz CT molecular complexity index is 1170. The summed E-state index contributed by atoms with van der Waals surface area (Å²) in [5.41, 5.74) is 5.12. The summed E-state index contributed by atoms with van der Waals surface area (Å²) in [4.78, 5) is 9.11. The van der Waals surface area contributed by atoms with Crippen LogP contribution in [0, 0.1) is 0 Å². The molecule has 0 amide bonds. The van der Waals surface area contributed by atoms with Gasteiger partial charge in [0.15, 0.2) is 0 Å². The van der Waals surface area contributed by atoms with E-state index in [1.165, 1.54) is 0 Å². The molecule has 0 fully saturated rings. The van der Waals surface area contributed by atoms with E-state index in [-0.39, 0.29) is 11.8 Å². The highest BCUT2D eigenvalue weighted by Crippen LogP contribution is 2.43. The molecular formula is C20H15ClN4O. The number of aryl methyl sites for hydroxylation is 1. The van der Waals surface area contributed by atoms with Gasteiger partial charge in [0.25, 0.3) is 0 Å².